The summed E-state index contributed by atoms with van der Waals surface area (Å²) in [6.45, 7) is 4.59. The summed E-state index contributed by atoms with van der Waals surface area (Å²) in [6.07, 6.45) is 2.32. The van der Waals surface area contributed by atoms with Crippen molar-refractivity contribution in [3.63, 3.8) is 0 Å². The molecule has 2 aromatic heterocycles. The lowest BCUT2D eigenvalue weighted by Gasteiger charge is -2.21. The van der Waals surface area contributed by atoms with Crippen molar-refractivity contribution in [2.45, 2.75) is 38.5 Å². The average Bonchev–Trinajstić information content (AvgIpc) is 3.28. The molecule has 0 radical (unpaired) electrons. The number of carboxylic acid groups (broad SMARTS) is 1. The summed E-state index contributed by atoms with van der Waals surface area (Å²) in [4.78, 5) is 31.6. The van der Waals surface area contributed by atoms with Crippen molar-refractivity contribution in [1.82, 2.24) is 26.0 Å². The number of hydrogen-bond donors (Lipinski definition) is 5. The standard InChI is InChI=1S/C19H26N6O4/c1-12-6-7-19(2,11-12)14-10-16(24-23-14)22-15-5-3-4-13(21-15)17(26)25-29-9-8-20-18(27)28/h3-5,10,12,20H,6-9,11H2,1-2H3,(H,25,26)(H,27,28)(H2,21,22,23,24)/t12-,19+/m1/s1. The molecule has 0 bridgehead atoms. The molecule has 1 saturated carbocycles. The molecule has 3 rings (SSSR count). The minimum absolute atomic E-state index is 0.00339. The maximum absolute atomic E-state index is 12.1. The molecule has 2 amide bonds. The minimum atomic E-state index is -1.15. The number of aromatic amines is 1. The second-order valence-electron chi connectivity index (χ2n) is 7.62. The molecule has 0 unspecified atom stereocenters. The highest BCUT2D eigenvalue weighted by Crippen LogP contribution is 2.43. The number of nitrogens with one attached hydrogen (secondary N) is 4. The lowest BCUT2D eigenvalue weighted by atomic mass is 9.84. The van der Waals surface area contributed by atoms with Crippen molar-refractivity contribution in [2.75, 3.05) is 18.5 Å². The summed E-state index contributed by atoms with van der Waals surface area (Å²) in [6, 6.07) is 6.98. The van der Waals surface area contributed by atoms with Crippen molar-refractivity contribution >= 4 is 23.6 Å². The molecule has 10 nitrogen and oxygen atoms in total. The Bertz CT molecular complexity index is 870. The normalized spacial score (nSPS) is 21.0. The molecular formula is C19H26N6O4. The van der Waals surface area contributed by atoms with Gasteiger partial charge in [-0.05, 0) is 37.3 Å². The Morgan fingerprint density at radius 3 is 2.93 bits per heavy atom. The fourth-order valence-electron chi connectivity index (χ4n) is 3.62. The SMILES string of the molecule is C[C@@H]1CC[C@](C)(c2cc(Nc3cccc(C(=O)NOCCNC(=O)O)n3)n[nH]2)C1. The lowest BCUT2D eigenvalue weighted by molar-refractivity contribution is 0.0322. The quantitative estimate of drug-likeness (QED) is 0.337. The van der Waals surface area contributed by atoms with Crippen molar-refractivity contribution in [3.05, 3.63) is 35.7 Å². The molecule has 1 aliphatic rings. The Balaban J connectivity index is 1.56. The highest BCUT2D eigenvalue weighted by atomic mass is 16.7. The number of carbonyl (C=O) groups is 2. The third-order valence-corrected chi connectivity index (χ3v) is 5.10. The number of amides is 2. The molecule has 156 valence electrons. The van der Waals surface area contributed by atoms with Gasteiger partial charge in [-0.15, -0.1) is 0 Å². The predicted octanol–water partition coefficient (Wildman–Crippen LogP) is 2.55. The smallest absolute Gasteiger partial charge is 0.404 e. The minimum Gasteiger partial charge on any atom is -0.465 e. The van der Waals surface area contributed by atoms with Crippen LogP contribution in [-0.4, -0.2) is 45.4 Å². The molecule has 0 aromatic carbocycles. The molecule has 29 heavy (non-hydrogen) atoms. The summed E-state index contributed by atoms with van der Waals surface area (Å²) in [5.74, 6) is 1.30. The van der Waals surface area contributed by atoms with E-state index in [9.17, 15) is 9.59 Å². The lowest BCUT2D eigenvalue weighted by Crippen LogP contribution is -2.31. The number of carbonyl (C=O) groups excluding carboxylic acids is 1. The molecular weight excluding hydrogens is 376 g/mol. The van der Waals surface area contributed by atoms with Crippen LogP contribution in [0.25, 0.3) is 0 Å². The van der Waals surface area contributed by atoms with Crippen LogP contribution in [0.3, 0.4) is 0 Å². The average molecular weight is 402 g/mol. The molecule has 2 heterocycles. The zero-order valence-electron chi connectivity index (χ0n) is 16.5. The summed E-state index contributed by atoms with van der Waals surface area (Å²) in [7, 11) is 0. The van der Waals surface area contributed by atoms with E-state index in [2.05, 4.69) is 45.1 Å². The summed E-state index contributed by atoms with van der Waals surface area (Å²) >= 11 is 0. The zero-order valence-corrected chi connectivity index (χ0v) is 16.5. The van der Waals surface area contributed by atoms with E-state index < -0.39 is 12.0 Å². The van der Waals surface area contributed by atoms with Gasteiger partial charge in [-0.1, -0.05) is 19.9 Å². The Hall–Kier alpha value is -3.14. The number of aromatic nitrogens is 3. The van der Waals surface area contributed by atoms with Crippen LogP contribution in [0.1, 0.15) is 49.3 Å². The van der Waals surface area contributed by atoms with Gasteiger partial charge in [0, 0.05) is 23.7 Å². The van der Waals surface area contributed by atoms with Crippen LogP contribution < -0.4 is 16.1 Å². The number of H-pyrrole nitrogens is 1. The van der Waals surface area contributed by atoms with E-state index >= 15 is 0 Å². The summed E-state index contributed by atoms with van der Waals surface area (Å²) in [5, 5.41) is 21.2. The number of rotatable bonds is 8. The van der Waals surface area contributed by atoms with Gasteiger partial charge in [0.15, 0.2) is 5.82 Å². The van der Waals surface area contributed by atoms with E-state index in [0.29, 0.717) is 17.6 Å². The van der Waals surface area contributed by atoms with Gasteiger partial charge in [0.25, 0.3) is 5.91 Å². The molecule has 0 spiro atoms. The zero-order chi connectivity index (χ0) is 20.9. The van der Waals surface area contributed by atoms with Gasteiger partial charge in [0.1, 0.15) is 11.5 Å². The molecule has 1 fully saturated rings. The van der Waals surface area contributed by atoms with Crippen LogP contribution in [0.4, 0.5) is 16.4 Å². The number of hydroxylamine groups is 1. The van der Waals surface area contributed by atoms with Crippen molar-refractivity contribution < 1.29 is 19.5 Å². The van der Waals surface area contributed by atoms with Crippen molar-refractivity contribution in [2.24, 2.45) is 5.92 Å². The van der Waals surface area contributed by atoms with E-state index in [1.807, 2.05) is 6.07 Å². The van der Waals surface area contributed by atoms with Gasteiger partial charge in [-0.3, -0.25) is 14.7 Å². The Morgan fingerprint density at radius 1 is 1.38 bits per heavy atom. The van der Waals surface area contributed by atoms with Gasteiger partial charge >= 0.3 is 6.09 Å². The number of pyridine rings is 1. The highest BCUT2D eigenvalue weighted by molar-refractivity contribution is 5.91. The summed E-state index contributed by atoms with van der Waals surface area (Å²) in [5.41, 5.74) is 3.60. The largest absolute Gasteiger partial charge is 0.465 e. The van der Waals surface area contributed by atoms with Gasteiger partial charge in [-0.25, -0.2) is 15.3 Å². The van der Waals surface area contributed by atoms with Crippen molar-refractivity contribution in [1.29, 1.82) is 0 Å². The third kappa shape index (κ3) is 5.44. The van der Waals surface area contributed by atoms with E-state index in [0.717, 1.165) is 18.5 Å². The first-order chi connectivity index (χ1) is 13.9. The van der Waals surface area contributed by atoms with Crippen LogP contribution in [0.2, 0.25) is 0 Å². The first-order valence-electron chi connectivity index (χ1n) is 9.54. The van der Waals surface area contributed by atoms with E-state index in [1.165, 1.54) is 6.42 Å². The fraction of sp³-hybridized carbons (Fsp3) is 0.474. The first kappa shape index (κ1) is 20.6. The Kier molecular flexibility index (Phi) is 6.32. The van der Waals surface area contributed by atoms with E-state index in [1.54, 1.807) is 18.2 Å². The number of anilines is 2. The maximum atomic E-state index is 12.1. The highest BCUT2D eigenvalue weighted by Gasteiger charge is 2.36. The first-order valence-corrected chi connectivity index (χ1v) is 9.54. The maximum Gasteiger partial charge on any atom is 0.404 e. The van der Waals surface area contributed by atoms with Gasteiger partial charge in [-0.2, -0.15) is 5.10 Å². The molecule has 0 saturated heterocycles. The van der Waals surface area contributed by atoms with Crippen LogP contribution in [0.15, 0.2) is 24.3 Å². The van der Waals surface area contributed by atoms with Gasteiger partial charge in [0.05, 0.1) is 6.61 Å². The summed E-state index contributed by atoms with van der Waals surface area (Å²) < 4.78 is 0. The molecule has 0 aliphatic heterocycles. The van der Waals surface area contributed by atoms with Crippen LogP contribution in [0.5, 0.6) is 0 Å². The number of nitrogens with zero attached hydrogens (tertiary/aromatic N) is 2. The van der Waals surface area contributed by atoms with Gasteiger partial charge in [0.2, 0.25) is 0 Å². The van der Waals surface area contributed by atoms with Crippen LogP contribution in [-0.2, 0) is 10.3 Å². The van der Waals surface area contributed by atoms with E-state index in [-0.39, 0.29) is 24.3 Å². The molecule has 5 N–H and O–H groups in total. The third-order valence-electron chi connectivity index (χ3n) is 5.10. The number of hydrogen-bond acceptors (Lipinski definition) is 6. The van der Waals surface area contributed by atoms with Gasteiger partial charge < -0.3 is 15.7 Å². The second-order valence-corrected chi connectivity index (χ2v) is 7.62. The molecule has 2 atom stereocenters. The monoisotopic (exact) mass is 402 g/mol. The fourth-order valence-corrected chi connectivity index (χ4v) is 3.62. The molecule has 1 aliphatic carbocycles. The van der Waals surface area contributed by atoms with Crippen LogP contribution >= 0.6 is 0 Å². The Labute approximate surface area is 168 Å². The predicted molar refractivity (Wildman–Crippen MR) is 106 cm³/mol. The van der Waals surface area contributed by atoms with E-state index in [4.69, 9.17) is 9.94 Å². The Morgan fingerprint density at radius 2 is 2.21 bits per heavy atom. The van der Waals surface area contributed by atoms with Crippen molar-refractivity contribution in [3.8, 4) is 0 Å². The second kappa shape index (κ2) is 8.91. The van der Waals surface area contributed by atoms with Crippen LogP contribution in [0, 0.1) is 5.92 Å². The topological polar surface area (TPSA) is 141 Å². The molecule has 2 aromatic rings. The molecule has 10 heteroatoms.